The Morgan fingerprint density at radius 2 is 0.879 bits per heavy atom. The maximum Gasteiger partial charge on any atom is 0.308 e. The third-order valence-electron chi connectivity index (χ3n) is 4.16. The van der Waals surface area contributed by atoms with E-state index in [1.165, 1.54) is 23.7 Å². The zero-order valence-corrected chi connectivity index (χ0v) is 22.6. The SMILES string of the molecule is CCOC(=O)CCOCCOCCOCCOCCOCCOCCOCCCCCCI. The maximum absolute atomic E-state index is 11.1. The zero-order chi connectivity index (χ0) is 24.1. The summed E-state index contributed by atoms with van der Waals surface area (Å²) in [6.45, 7) is 9.74. The van der Waals surface area contributed by atoms with Gasteiger partial charge < -0.3 is 37.9 Å². The van der Waals surface area contributed by atoms with Crippen LogP contribution in [-0.4, -0.2) is 110 Å². The normalized spacial score (nSPS) is 11.2. The first-order valence-corrected chi connectivity index (χ1v) is 13.6. The van der Waals surface area contributed by atoms with E-state index in [1.54, 1.807) is 6.92 Å². The molecule has 0 unspecified atom stereocenters. The highest BCUT2D eigenvalue weighted by molar-refractivity contribution is 14.1. The number of rotatable bonds is 28. The molecule has 0 heterocycles. The molecule has 0 atom stereocenters. The van der Waals surface area contributed by atoms with Crippen molar-refractivity contribution in [1.29, 1.82) is 0 Å². The summed E-state index contributed by atoms with van der Waals surface area (Å²) in [5.74, 6) is -0.241. The fourth-order valence-electron chi connectivity index (χ4n) is 2.46. The summed E-state index contributed by atoms with van der Waals surface area (Å²) in [7, 11) is 0. The molecule has 0 aromatic carbocycles. The van der Waals surface area contributed by atoms with Crippen LogP contribution in [0.1, 0.15) is 39.0 Å². The molecule has 0 saturated heterocycles. The van der Waals surface area contributed by atoms with E-state index in [-0.39, 0.29) is 12.4 Å². The number of esters is 1. The Balaban J connectivity index is 3.03. The third-order valence-corrected chi connectivity index (χ3v) is 4.92. The van der Waals surface area contributed by atoms with E-state index in [0.29, 0.717) is 92.5 Å². The largest absolute Gasteiger partial charge is 0.466 e. The predicted octanol–water partition coefficient (Wildman–Crippen LogP) is 3.05. The highest BCUT2D eigenvalue weighted by atomic mass is 127. The highest BCUT2D eigenvalue weighted by Gasteiger charge is 2.00. The maximum atomic E-state index is 11.1. The van der Waals surface area contributed by atoms with Gasteiger partial charge in [0.1, 0.15) is 0 Å². The summed E-state index contributed by atoms with van der Waals surface area (Å²) in [6.07, 6.45) is 5.25. The highest BCUT2D eigenvalue weighted by Crippen LogP contribution is 2.02. The van der Waals surface area contributed by atoms with Crippen molar-refractivity contribution in [3.8, 4) is 0 Å². The Morgan fingerprint density at radius 1 is 0.515 bits per heavy atom. The van der Waals surface area contributed by atoms with Crippen LogP contribution in [0, 0.1) is 0 Å². The molecule has 0 N–H and O–H groups in total. The van der Waals surface area contributed by atoms with Crippen LogP contribution in [0.2, 0.25) is 0 Å². The molecule has 0 aromatic rings. The smallest absolute Gasteiger partial charge is 0.308 e. The first-order chi connectivity index (χ1) is 16.3. The molecule has 0 spiro atoms. The van der Waals surface area contributed by atoms with Gasteiger partial charge in [-0.25, -0.2) is 0 Å². The van der Waals surface area contributed by atoms with Gasteiger partial charge in [-0.3, -0.25) is 4.79 Å². The molecule has 0 saturated carbocycles. The fraction of sp³-hybridized carbons (Fsp3) is 0.957. The van der Waals surface area contributed by atoms with E-state index in [1.807, 2.05) is 0 Å². The van der Waals surface area contributed by atoms with E-state index in [4.69, 9.17) is 37.9 Å². The lowest BCUT2D eigenvalue weighted by Crippen LogP contribution is -2.15. The van der Waals surface area contributed by atoms with Gasteiger partial charge in [-0.1, -0.05) is 35.4 Å². The van der Waals surface area contributed by atoms with Crippen LogP contribution in [0.4, 0.5) is 0 Å². The first kappa shape index (κ1) is 32.9. The van der Waals surface area contributed by atoms with Crippen molar-refractivity contribution >= 4 is 28.6 Å². The molecule has 10 heteroatoms. The lowest BCUT2D eigenvalue weighted by molar-refractivity contribution is -0.144. The average Bonchev–Trinajstić information content (AvgIpc) is 2.81. The van der Waals surface area contributed by atoms with Gasteiger partial charge in [0.2, 0.25) is 0 Å². The van der Waals surface area contributed by atoms with Gasteiger partial charge in [-0.15, -0.1) is 0 Å². The number of alkyl halides is 1. The molecular weight excluding hydrogens is 547 g/mol. The third kappa shape index (κ3) is 29.9. The summed E-state index contributed by atoms with van der Waals surface area (Å²) in [6, 6.07) is 0. The molecular formula is C23H45IO9. The lowest BCUT2D eigenvalue weighted by Gasteiger charge is -2.08. The van der Waals surface area contributed by atoms with Gasteiger partial charge in [0.25, 0.3) is 0 Å². The van der Waals surface area contributed by atoms with Crippen molar-refractivity contribution in [3.63, 3.8) is 0 Å². The summed E-state index contributed by atoms with van der Waals surface area (Å²) in [5, 5.41) is 0. The lowest BCUT2D eigenvalue weighted by atomic mass is 10.2. The summed E-state index contributed by atoms with van der Waals surface area (Å²) < 4.78 is 44.0. The van der Waals surface area contributed by atoms with Crippen LogP contribution < -0.4 is 0 Å². The molecule has 0 aliphatic rings. The molecule has 0 rings (SSSR count). The molecule has 0 aliphatic heterocycles. The van der Waals surface area contributed by atoms with E-state index < -0.39 is 0 Å². The van der Waals surface area contributed by atoms with Crippen LogP contribution >= 0.6 is 22.6 Å². The fourth-order valence-corrected chi connectivity index (χ4v) is 3.00. The van der Waals surface area contributed by atoms with Crippen molar-refractivity contribution in [2.45, 2.75) is 39.0 Å². The van der Waals surface area contributed by atoms with Gasteiger partial charge in [-0.05, 0) is 24.2 Å². The number of carbonyl (C=O) groups excluding carboxylic acids is 1. The molecule has 33 heavy (non-hydrogen) atoms. The van der Waals surface area contributed by atoms with Crippen molar-refractivity contribution < 1.29 is 42.7 Å². The van der Waals surface area contributed by atoms with E-state index in [0.717, 1.165) is 13.0 Å². The van der Waals surface area contributed by atoms with E-state index in [9.17, 15) is 4.79 Å². The summed E-state index contributed by atoms with van der Waals surface area (Å²) in [5.41, 5.74) is 0. The minimum Gasteiger partial charge on any atom is -0.466 e. The van der Waals surface area contributed by atoms with Crippen molar-refractivity contribution in [2.75, 3.05) is 104 Å². The minimum atomic E-state index is -0.241. The van der Waals surface area contributed by atoms with Crippen molar-refractivity contribution in [3.05, 3.63) is 0 Å². The minimum absolute atomic E-state index is 0.241. The second-order valence-corrected chi connectivity index (χ2v) is 8.02. The van der Waals surface area contributed by atoms with Gasteiger partial charge in [0, 0.05) is 6.61 Å². The standard InChI is InChI=1S/C23H45IO9/c1-2-33-23(25)7-10-27-12-14-29-16-18-31-20-22-32-21-19-30-17-15-28-13-11-26-9-6-4-3-5-8-24/h2-22H2,1H3. The Labute approximate surface area is 213 Å². The van der Waals surface area contributed by atoms with E-state index in [2.05, 4.69) is 22.6 Å². The van der Waals surface area contributed by atoms with Gasteiger partial charge in [0.05, 0.1) is 98.9 Å². The van der Waals surface area contributed by atoms with Crippen LogP contribution in [0.25, 0.3) is 0 Å². The Bertz CT molecular complexity index is 389. The van der Waals surface area contributed by atoms with Gasteiger partial charge in [-0.2, -0.15) is 0 Å². The number of halogens is 1. The number of hydrogen-bond donors (Lipinski definition) is 0. The Hall–Kier alpha value is -0.0800. The monoisotopic (exact) mass is 592 g/mol. The molecule has 0 aliphatic carbocycles. The van der Waals surface area contributed by atoms with Crippen LogP contribution in [0.3, 0.4) is 0 Å². The van der Waals surface area contributed by atoms with Crippen LogP contribution in [-0.2, 0) is 42.7 Å². The molecule has 0 radical (unpaired) electrons. The second kappa shape index (κ2) is 30.0. The molecule has 0 amide bonds. The van der Waals surface area contributed by atoms with Crippen LogP contribution in [0.15, 0.2) is 0 Å². The van der Waals surface area contributed by atoms with E-state index >= 15 is 0 Å². The Morgan fingerprint density at radius 3 is 1.27 bits per heavy atom. The molecule has 9 nitrogen and oxygen atoms in total. The second-order valence-electron chi connectivity index (χ2n) is 6.94. The molecule has 198 valence electrons. The number of ether oxygens (including phenoxy) is 8. The number of unbranched alkanes of at least 4 members (excludes halogenated alkanes) is 3. The van der Waals surface area contributed by atoms with Gasteiger partial charge >= 0.3 is 5.97 Å². The predicted molar refractivity (Wildman–Crippen MR) is 134 cm³/mol. The topological polar surface area (TPSA) is 90.9 Å². The Kier molecular flexibility index (Phi) is 29.9. The molecule has 0 fully saturated rings. The number of carbonyl (C=O) groups is 1. The quantitative estimate of drug-likeness (QED) is 0.0589. The number of hydrogen-bond acceptors (Lipinski definition) is 9. The zero-order valence-electron chi connectivity index (χ0n) is 20.4. The van der Waals surface area contributed by atoms with Crippen LogP contribution in [0.5, 0.6) is 0 Å². The van der Waals surface area contributed by atoms with Gasteiger partial charge in [0.15, 0.2) is 0 Å². The van der Waals surface area contributed by atoms with Crippen molar-refractivity contribution in [2.24, 2.45) is 0 Å². The molecule has 0 aromatic heterocycles. The summed E-state index contributed by atoms with van der Waals surface area (Å²) >= 11 is 2.42. The van der Waals surface area contributed by atoms with Crippen molar-refractivity contribution in [1.82, 2.24) is 0 Å². The first-order valence-electron chi connectivity index (χ1n) is 12.1. The average molecular weight is 593 g/mol. The summed E-state index contributed by atoms with van der Waals surface area (Å²) in [4.78, 5) is 11.1. The molecule has 0 bridgehead atoms.